The lowest BCUT2D eigenvalue weighted by Crippen LogP contribution is -2.36. The minimum absolute atomic E-state index is 0.0224. The van der Waals surface area contributed by atoms with E-state index in [2.05, 4.69) is 12.1 Å². The molecule has 4 heteroatoms. The molecule has 1 aromatic carbocycles. The number of hydrogen-bond donors (Lipinski definition) is 0. The van der Waals surface area contributed by atoms with Gasteiger partial charge in [0.1, 0.15) is 0 Å². The maximum Gasteiger partial charge on any atom is 0.224 e. The van der Waals surface area contributed by atoms with Crippen LogP contribution in [0, 0.1) is 6.92 Å². The standard InChI is InChI=1S/C19H28N2O2/c1-16-7-9-18(10-8-16)15-21(17(2)22)14-11-19(23)20-12-5-3-4-6-13-20/h7-10H,3-6,11-15H2,1-2H3. The van der Waals surface area contributed by atoms with E-state index < -0.39 is 0 Å². The smallest absolute Gasteiger partial charge is 0.224 e. The van der Waals surface area contributed by atoms with E-state index in [1.807, 2.05) is 24.0 Å². The van der Waals surface area contributed by atoms with Crippen LogP contribution in [0.25, 0.3) is 0 Å². The van der Waals surface area contributed by atoms with E-state index in [1.54, 1.807) is 11.8 Å². The Morgan fingerprint density at radius 1 is 1.04 bits per heavy atom. The number of carbonyl (C=O) groups is 2. The summed E-state index contributed by atoms with van der Waals surface area (Å²) in [5.41, 5.74) is 2.31. The Morgan fingerprint density at radius 2 is 1.65 bits per heavy atom. The molecule has 1 fully saturated rings. The van der Waals surface area contributed by atoms with Gasteiger partial charge in [-0.2, -0.15) is 0 Å². The van der Waals surface area contributed by atoms with E-state index in [1.165, 1.54) is 18.4 Å². The van der Waals surface area contributed by atoms with Gasteiger partial charge in [-0.15, -0.1) is 0 Å². The number of hydrogen-bond acceptors (Lipinski definition) is 2. The van der Waals surface area contributed by atoms with Gasteiger partial charge in [-0.3, -0.25) is 9.59 Å². The zero-order chi connectivity index (χ0) is 16.7. The average molecular weight is 316 g/mol. The van der Waals surface area contributed by atoms with E-state index in [0.717, 1.165) is 31.5 Å². The highest BCUT2D eigenvalue weighted by Gasteiger charge is 2.17. The van der Waals surface area contributed by atoms with Gasteiger partial charge in [0, 0.05) is 39.5 Å². The van der Waals surface area contributed by atoms with Crippen LogP contribution in [0.2, 0.25) is 0 Å². The van der Waals surface area contributed by atoms with Crippen molar-refractivity contribution in [2.75, 3.05) is 19.6 Å². The molecule has 0 spiro atoms. The normalized spacial score (nSPS) is 15.1. The summed E-state index contributed by atoms with van der Waals surface area (Å²) in [6.07, 6.45) is 5.07. The molecule has 1 saturated heterocycles. The summed E-state index contributed by atoms with van der Waals surface area (Å²) in [4.78, 5) is 28.0. The molecule has 0 unspecified atom stereocenters. The van der Waals surface area contributed by atoms with Crippen molar-refractivity contribution in [3.05, 3.63) is 35.4 Å². The summed E-state index contributed by atoms with van der Waals surface area (Å²) < 4.78 is 0. The van der Waals surface area contributed by atoms with Crippen LogP contribution >= 0.6 is 0 Å². The first kappa shape index (κ1) is 17.5. The predicted molar refractivity (Wildman–Crippen MR) is 91.9 cm³/mol. The van der Waals surface area contributed by atoms with E-state index >= 15 is 0 Å². The van der Waals surface area contributed by atoms with Gasteiger partial charge >= 0.3 is 0 Å². The molecule has 126 valence electrons. The third-order valence-corrected chi connectivity index (χ3v) is 4.49. The molecule has 23 heavy (non-hydrogen) atoms. The maximum atomic E-state index is 12.4. The molecule has 1 aromatic rings. The Balaban J connectivity index is 1.87. The Kier molecular flexibility index (Phi) is 6.63. The first-order valence-corrected chi connectivity index (χ1v) is 8.65. The van der Waals surface area contributed by atoms with Crippen LogP contribution in [0.15, 0.2) is 24.3 Å². The molecule has 2 rings (SSSR count). The number of amides is 2. The van der Waals surface area contributed by atoms with Gasteiger partial charge < -0.3 is 9.80 Å². The molecule has 4 nitrogen and oxygen atoms in total. The highest BCUT2D eigenvalue weighted by molar-refractivity contribution is 5.78. The zero-order valence-electron chi connectivity index (χ0n) is 14.4. The first-order chi connectivity index (χ1) is 11.1. The van der Waals surface area contributed by atoms with Gasteiger partial charge in [0.25, 0.3) is 0 Å². The van der Waals surface area contributed by atoms with E-state index in [-0.39, 0.29) is 11.8 Å². The second-order valence-corrected chi connectivity index (χ2v) is 6.47. The number of nitrogens with zero attached hydrogens (tertiary/aromatic N) is 2. The van der Waals surface area contributed by atoms with Crippen molar-refractivity contribution in [1.82, 2.24) is 9.80 Å². The number of aryl methyl sites for hydroxylation is 1. The Morgan fingerprint density at radius 3 is 2.22 bits per heavy atom. The number of carbonyl (C=O) groups excluding carboxylic acids is 2. The van der Waals surface area contributed by atoms with Crippen molar-refractivity contribution in [2.24, 2.45) is 0 Å². The minimum atomic E-state index is 0.0224. The number of rotatable bonds is 5. The fourth-order valence-corrected chi connectivity index (χ4v) is 2.97. The summed E-state index contributed by atoms with van der Waals surface area (Å²) in [5, 5.41) is 0. The molecule has 0 radical (unpaired) electrons. The quantitative estimate of drug-likeness (QED) is 0.837. The lowest BCUT2D eigenvalue weighted by molar-refractivity contribution is -0.133. The van der Waals surface area contributed by atoms with Crippen molar-refractivity contribution in [3.63, 3.8) is 0 Å². The van der Waals surface area contributed by atoms with Crippen LogP contribution in [0.4, 0.5) is 0 Å². The summed E-state index contributed by atoms with van der Waals surface area (Å²) in [6, 6.07) is 8.19. The third-order valence-electron chi connectivity index (χ3n) is 4.49. The Hall–Kier alpha value is -1.84. The van der Waals surface area contributed by atoms with Crippen LogP contribution in [0.1, 0.15) is 50.2 Å². The molecule has 0 atom stereocenters. The highest BCUT2D eigenvalue weighted by atomic mass is 16.2. The largest absolute Gasteiger partial charge is 0.343 e. The molecule has 1 aliphatic heterocycles. The lowest BCUT2D eigenvalue weighted by Gasteiger charge is -2.24. The fourth-order valence-electron chi connectivity index (χ4n) is 2.97. The van der Waals surface area contributed by atoms with Crippen molar-refractivity contribution < 1.29 is 9.59 Å². The molecule has 1 heterocycles. The SMILES string of the molecule is CC(=O)N(CCC(=O)N1CCCCCC1)Cc1ccc(C)cc1. The average Bonchev–Trinajstić information content (AvgIpc) is 2.82. The summed E-state index contributed by atoms with van der Waals surface area (Å²) >= 11 is 0. The van der Waals surface area contributed by atoms with Crippen molar-refractivity contribution in [3.8, 4) is 0 Å². The highest BCUT2D eigenvalue weighted by Crippen LogP contribution is 2.12. The van der Waals surface area contributed by atoms with E-state index in [0.29, 0.717) is 19.5 Å². The molecular formula is C19H28N2O2. The van der Waals surface area contributed by atoms with Crippen LogP contribution in [0.5, 0.6) is 0 Å². The van der Waals surface area contributed by atoms with E-state index in [9.17, 15) is 9.59 Å². The maximum absolute atomic E-state index is 12.4. The Bertz CT molecular complexity index is 517. The van der Waals surface area contributed by atoms with Gasteiger partial charge in [0.15, 0.2) is 0 Å². The fraction of sp³-hybridized carbons (Fsp3) is 0.579. The lowest BCUT2D eigenvalue weighted by atomic mass is 10.1. The van der Waals surface area contributed by atoms with Gasteiger partial charge in [0.05, 0.1) is 0 Å². The second-order valence-electron chi connectivity index (χ2n) is 6.47. The molecule has 0 aliphatic carbocycles. The molecule has 0 bridgehead atoms. The molecule has 0 saturated carbocycles. The topological polar surface area (TPSA) is 40.6 Å². The van der Waals surface area contributed by atoms with E-state index in [4.69, 9.17) is 0 Å². The van der Waals surface area contributed by atoms with Crippen molar-refractivity contribution >= 4 is 11.8 Å². The summed E-state index contributed by atoms with van der Waals surface area (Å²) in [7, 11) is 0. The zero-order valence-corrected chi connectivity index (χ0v) is 14.4. The first-order valence-electron chi connectivity index (χ1n) is 8.65. The van der Waals surface area contributed by atoms with Crippen LogP contribution < -0.4 is 0 Å². The van der Waals surface area contributed by atoms with Crippen molar-refractivity contribution in [2.45, 2.75) is 52.5 Å². The molecule has 2 amide bonds. The Labute approximate surface area is 139 Å². The van der Waals surface area contributed by atoms with Crippen LogP contribution in [-0.4, -0.2) is 41.2 Å². The number of benzene rings is 1. The predicted octanol–water partition coefficient (Wildman–Crippen LogP) is 3.14. The van der Waals surface area contributed by atoms with Gasteiger partial charge in [0.2, 0.25) is 11.8 Å². The number of likely N-dealkylation sites (tertiary alicyclic amines) is 1. The minimum Gasteiger partial charge on any atom is -0.343 e. The monoisotopic (exact) mass is 316 g/mol. The third kappa shape index (κ3) is 5.70. The van der Waals surface area contributed by atoms with Crippen molar-refractivity contribution in [1.29, 1.82) is 0 Å². The molecular weight excluding hydrogens is 288 g/mol. The second kappa shape index (κ2) is 8.70. The molecule has 0 N–H and O–H groups in total. The van der Waals surface area contributed by atoms with Crippen LogP contribution in [-0.2, 0) is 16.1 Å². The van der Waals surface area contributed by atoms with Gasteiger partial charge in [-0.1, -0.05) is 42.7 Å². The van der Waals surface area contributed by atoms with Gasteiger partial charge in [-0.05, 0) is 25.3 Å². The summed E-state index contributed by atoms with van der Waals surface area (Å²) in [6.45, 7) is 6.44. The summed E-state index contributed by atoms with van der Waals surface area (Å²) in [5.74, 6) is 0.205. The molecule has 0 aromatic heterocycles. The van der Waals surface area contributed by atoms with Crippen LogP contribution in [0.3, 0.4) is 0 Å². The van der Waals surface area contributed by atoms with Gasteiger partial charge in [-0.25, -0.2) is 0 Å². The molecule has 1 aliphatic rings.